The van der Waals surface area contributed by atoms with Crippen molar-refractivity contribution in [2.75, 3.05) is 45.6 Å². The van der Waals surface area contributed by atoms with E-state index in [1.165, 1.54) is 0 Å². The molecule has 9 heteroatoms. The summed E-state index contributed by atoms with van der Waals surface area (Å²) in [7, 11) is -1.98. The molecule has 1 atom stereocenters. The summed E-state index contributed by atoms with van der Waals surface area (Å²) >= 11 is 0. The van der Waals surface area contributed by atoms with E-state index in [2.05, 4.69) is 10.0 Å². The minimum absolute atomic E-state index is 0.0377. The number of nitrogens with one attached hydrogen (secondary N) is 2. The maximum absolute atomic E-state index is 12.7. The van der Waals surface area contributed by atoms with Crippen molar-refractivity contribution in [3.63, 3.8) is 0 Å². The predicted octanol–water partition coefficient (Wildman–Crippen LogP) is 0.513. The fourth-order valence-corrected chi connectivity index (χ4v) is 3.76. The zero-order chi connectivity index (χ0) is 19.9. The quantitative estimate of drug-likeness (QED) is 0.628. The van der Waals surface area contributed by atoms with Gasteiger partial charge in [-0.3, -0.25) is 4.79 Å². The summed E-state index contributed by atoms with van der Waals surface area (Å²) in [5.41, 5.74) is 0.897. The molecule has 1 heterocycles. The molecule has 1 saturated heterocycles. The van der Waals surface area contributed by atoms with Gasteiger partial charge in [-0.1, -0.05) is 18.2 Å². The van der Waals surface area contributed by atoms with Crippen LogP contribution in [0.4, 0.5) is 0 Å². The summed E-state index contributed by atoms with van der Waals surface area (Å²) < 4.78 is 37.2. The van der Waals surface area contributed by atoms with Gasteiger partial charge in [0.25, 0.3) is 0 Å². The molecule has 0 aromatic heterocycles. The molecule has 1 fully saturated rings. The molecule has 27 heavy (non-hydrogen) atoms. The van der Waals surface area contributed by atoms with Gasteiger partial charge in [-0.05, 0) is 19.9 Å². The number of amides is 1. The van der Waals surface area contributed by atoms with Gasteiger partial charge < -0.3 is 19.7 Å². The zero-order valence-electron chi connectivity index (χ0n) is 16.1. The molecular formula is C18H29N3O5S. The number of sulfonamides is 1. The summed E-state index contributed by atoms with van der Waals surface area (Å²) in [6.45, 7) is 5.25. The molecule has 1 aromatic rings. The zero-order valence-corrected chi connectivity index (χ0v) is 16.9. The van der Waals surface area contributed by atoms with Gasteiger partial charge in [0, 0.05) is 25.2 Å². The fraction of sp³-hybridized carbons (Fsp3) is 0.611. The summed E-state index contributed by atoms with van der Waals surface area (Å²) in [5, 5.41) is 3.28. The van der Waals surface area contributed by atoms with E-state index in [-0.39, 0.29) is 37.0 Å². The number of ether oxygens (including phenoxy) is 2. The molecule has 8 nitrogen and oxygen atoms in total. The first kappa shape index (κ1) is 21.6. The van der Waals surface area contributed by atoms with Gasteiger partial charge in [-0.15, -0.1) is 0 Å². The Balaban J connectivity index is 2.01. The van der Waals surface area contributed by atoms with Crippen LogP contribution in [0, 0.1) is 0 Å². The number of hydrogen-bond donors (Lipinski definition) is 2. The van der Waals surface area contributed by atoms with E-state index in [1.807, 2.05) is 38.1 Å². The maximum Gasteiger partial charge on any atom is 0.238 e. The minimum Gasteiger partial charge on any atom is -0.496 e. The van der Waals surface area contributed by atoms with Crippen LogP contribution in [-0.4, -0.2) is 71.0 Å². The van der Waals surface area contributed by atoms with E-state index in [1.54, 1.807) is 12.0 Å². The topological polar surface area (TPSA) is 97.0 Å². The molecule has 1 aromatic carbocycles. The smallest absolute Gasteiger partial charge is 0.238 e. The summed E-state index contributed by atoms with van der Waals surface area (Å²) in [6.07, 6.45) is -0.0377. The Hall–Kier alpha value is -1.68. The second-order valence-corrected chi connectivity index (χ2v) is 8.53. The van der Waals surface area contributed by atoms with Crippen LogP contribution in [0.5, 0.6) is 5.75 Å². The van der Waals surface area contributed by atoms with E-state index < -0.39 is 10.0 Å². The normalized spacial score (nSPS) is 17.9. The maximum atomic E-state index is 12.7. The lowest BCUT2D eigenvalue weighted by atomic mass is 10.0. The Labute approximate surface area is 161 Å². The largest absolute Gasteiger partial charge is 0.496 e. The number of piperazine rings is 1. The standard InChI is InChI=1S/C18H29N3O5S/c1-14(2)26-10-11-27(23,24)20-13-18(22)21-9-8-19-12-16(21)15-6-4-5-7-17(15)25-3/h4-7,14,16,19-20H,8-13H2,1-3H3. The Kier molecular flexibility index (Phi) is 8.03. The number of rotatable bonds is 9. The second kappa shape index (κ2) is 10.0. The van der Waals surface area contributed by atoms with Gasteiger partial charge in [0.15, 0.2) is 0 Å². The number of carbonyl (C=O) groups excluding carboxylic acids is 1. The highest BCUT2D eigenvalue weighted by atomic mass is 32.2. The summed E-state index contributed by atoms with van der Waals surface area (Å²) in [4.78, 5) is 14.4. The van der Waals surface area contributed by atoms with E-state index in [0.29, 0.717) is 25.4 Å². The molecule has 2 N–H and O–H groups in total. The lowest BCUT2D eigenvalue weighted by Gasteiger charge is -2.37. The van der Waals surface area contributed by atoms with Crippen molar-refractivity contribution in [2.24, 2.45) is 0 Å². The highest BCUT2D eigenvalue weighted by Crippen LogP contribution is 2.30. The van der Waals surface area contributed by atoms with Crippen molar-refractivity contribution in [3.8, 4) is 5.75 Å². The first-order chi connectivity index (χ1) is 12.8. The number of hydrogen-bond acceptors (Lipinski definition) is 6. The average molecular weight is 400 g/mol. The van der Waals surface area contributed by atoms with Crippen LogP contribution >= 0.6 is 0 Å². The molecular weight excluding hydrogens is 370 g/mol. The third-order valence-corrected chi connectivity index (χ3v) is 5.60. The van der Waals surface area contributed by atoms with Crippen LogP contribution in [0.1, 0.15) is 25.5 Å². The van der Waals surface area contributed by atoms with Gasteiger partial charge in [0.2, 0.25) is 15.9 Å². The number of nitrogens with zero attached hydrogens (tertiary/aromatic N) is 1. The molecule has 1 amide bonds. The number of methoxy groups -OCH3 is 1. The molecule has 152 valence electrons. The lowest BCUT2D eigenvalue weighted by molar-refractivity contribution is -0.133. The molecule has 0 bridgehead atoms. The van der Waals surface area contributed by atoms with E-state index >= 15 is 0 Å². The highest BCUT2D eigenvalue weighted by Gasteiger charge is 2.30. The van der Waals surface area contributed by atoms with E-state index in [9.17, 15) is 13.2 Å². The minimum atomic E-state index is -3.57. The van der Waals surface area contributed by atoms with Gasteiger partial charge in [0.1, 0.15) is 5.75 Å². The molecule has 1 unspecified atom stereocenters. The van der Waals surface area contributed by atoms with Crippen LogP contribution in [-0.2, 0) is 19.6 Å². The average Bonchev–Trinajstić information content (AvgIpc) is 2.65. The molecule has 2 rings (SSSR count). The monoisotopic (exact) mass is 399 g/mol. The van der Waals surface area contributed by atoms with Gasteiger partial charge in [0.05, 0.1) is 38.2 Å². The fourth-order valence-electron chi connectivity index (χ4n) is 2.96. The van der Waals surface area contributed by atoms with Crippen LogP contribution < -0.4 is 14.8 Å². The molecule has 1 aliphatic rings. The predicted molar refractivity (Wildman–Crippen MR) is 103 cm³/mol. The van der Waals surface area contributed by atoms with Gasteiger partial charge in [-0.2, -0.15) is 0 Å². The number of para-hydroxylation sites is 1. The first-order valence-electron chi connectivity index (χ1n) is 9.06. The first-order valence-corrected chi connectivity index (χ1v) is 10.7. The molecule has 0 spiro atoms. The Morgan fingerprint density at radius 2 is 2.11 bits per heavy atom. The molecule has 1 aliphatic heterocycles. The van der Waals surface area contributed by atoms with E-state index in [0.717, 1.165) is 5.56 Å². The second-order valence-electron chi connectivity index (χ2n) is 6.61. The van der Waals surface area contributed by atoms with Crippen LogP contribution in [0.2, 0.25) is 0 Å². The van der Waals surface area contributed by atoms with Crippen molar-refractivity contribution in [1.29, 1.82) is 0 Å². The molecule has 0 radical (unpaired) electrons. The Morgan fingerprint density at radius 1 is 1.37 bits per heavy atom. The van der Waals surface area contributed by atoms with Crippen molar-refractivity contribution in [1.82, 2.24) is 14.9 Å². The third kappa shape index (κ3) is 6.46. The van der Waals surface area contributed by atoms with Crippen LogP contribution in [0.25, 0.3) is 0 Å². The van der Waals surface area contributed by atoms with Crippen molar-refractivity contribution < 1.29 is 22.7 Å². The third-order valence-electron chi connectivity index (χ3n) is 4.31. The lowest BCUT2D eigenvalue weighted by Crippen LogP contribution is -2.51. The Bertz CT molecular complexity index is 723. The molecule has 0 saturated carbocycles. The van der Waals surface area contributed by atoms with Crippen LogP contribution in [0.3, 0.4) is 0 Å². The van der Waals surface area contributed by atoms with Crippen LogP contribution in [0.15, 0.2) is 24.3 Å². The summed E-state index contributed by atoms with van der Waals surface area (Å²) in [5.74, 6) is 0.270. The van der Waals surface area contributed by atoms with Crippen molar-refractivity contribution >= 4 is 15.9 Å². The van der Waals surface area contributed by atoms with Crippen molar-refractivity contribution in [3.05, 3.63) is 29.8 Å². The molecule has 0 aliphatic carbocycles. The highest BCUT2D eigenvalue weighted by molar-refractivity contribution is 7.89. The SMILES string of the molecule is COc1ccccc1C1CNCCN1C(=O)CNS(=O)(=O)CCOC(C)C. The van der Waals surface area contributed by atoms with E-state index in [4.69, 9.17) is 9.47 Å². The number of benzene rings is 1. The summed E-state index contributed by atoms with van der Waals surface area (Å²) in [6, 6.07) is 7.33. The van der Waals surface area contributed by atoms with Gasteiger partial charge in [-0.25, -0.2) is 13.1 Å². The van der Waals surface area contributed by atoms with Crippen molar-refractivity contribution in [2.45, 2.75) is 26.0 Å². The number of carbonyl (C=O) groups is 1. The Morgan fingerprint density at radius 3 is 2.81 bits per heavy atom. The van der Waals surface area contributed by atoms with Gasteiger partial charge >= 0.3 is 0 Å².